The largest absolute Gasteiger partial charge is 0.359 e. The molecular formula is C9H9N3O4S. The molecule has 0 spiro atoms. The zero-order chi connectivity index (χ0) is 12.9. The number of nitrogens with one attached hydrogen (secondary N) is 2. The second-order valence-corrected chi connectivity index (χ2v) is 4.47. The van der Waals surface area contributed by atoms with Gasteiger partial charge in [-0.25, -0.2) is 5.41 Å². The van der Waals surface area contributed by atoms with Gasteiger partial charge in [-0.15, -0.1) is 0 Å². The van der Waals surface area contributed by atoms with Crippen molar-refractivity contribution in [1.29, 1.82) is 5.41 Å². The van der Waals surface area contributed by atoms with E-state index in [4.69, 9.17) is 5.41 Å². The first-order valence-electron chi connectivity index (χ1n) is 4.39. The minimum absolute atomic E-state index is 0.134. The summed E-state index contributed by atoms with van der Waals surface area (Å²) in [5.41, 5.74) is 0.465. The van der Waals surface area contributed by atoms with E-state index in [0.29, 0.717) is 5.69 Å². The lowest BCUT2D eigenvalue weighted by Gasteiger charge is -2.03. The number of anilines is 1. The lowest BCUT2D eigenvalue weighted by atomic mass is 10.3. The SMILES string of the molecule is CC(=O)Nc1ccc(S(=O)(=O)ON=C=N)cc1. The third kappa shape index (κ3) is 3.71. The van der Waals surface area contributed by atoms with Gasteiger partial charge in [-0.2, -0.15) is 8.42 Å². The molecule has 0 saturated heterocycles. The first-order valence-corrected chi connectivity index (χ1v) is 5.79. The Labute approximate surface area is 97.7 Å². The summed E-state index contributed by atoms with van der Waals surface area (Å²) in [6.07, 6.45) is 0. The van der Waals surface area contributed by atoms with Gasteiger partial charge >= 0.3 is 10.1 Å². The van der Waals surface area contributed by atoms with Crippen molar-refractivity contribution in [2.24, 2.45) is 5.16 Å². The standard InChI is InChI=1S/C9H9N3O4S/c1-7(13)12-8-2-4-9(5-3-8)17(14,15)16-11-6-10/h2-5,10H,1H3,(H,12,13). The summed E-state index contributed by atoms with van der Waals surface area (Å²) in [6, 6.07) is 6.76. The molecule has 1 amide bonds. The van der Waals surface area contributed by atoms with E-state index < -0.39 is 10.1 Å². The molecule has 1 aromatic carbocycles. The smallest absolute Gasteiger partial charge is 0.326 e. The molecule has 0 aliphatic carbocycles. The molecule has 0 aliphatic rings. The average Bonchev–Trinajstić information content (AvgIpc) is 2.26. The Morgan fingerprint density at radius 1 is 1.41 bits per heavy atom. The van der Waals surface area contributed by atoms with Crippen molar-refractivity contribution in [3.63, 3.8) is 0 Å². The molecule has 17 heavy (non-hydrogen) atoms. The van der Waals surface area contributed by atoms with E-state index in [1.54, 1.807) is 0 Å². The van der Waals surface area contributed by atoms with Crippen LogP contribution in [0, 0.1) is 5.41 Å². The van der Waals surface area contributed by atoms with Gasteiger partial charge in [-0.3, -0.25) is 9.08 Å². The monoisotopic (exact) mass is 255 g/mol. The summed E-state index contributed by atoms with van der Waals surface area (Å²) in [5, 5.41) is 11.6. The predicted octanol–water partition coefficient (Wildman–Crippen LogP) is 1.02. The van der Waals surface area contributed by atoms with E-state index in [2.05, 4.69) is 14.8 Å². The molecule has 0 fully saturated rings. The van der Waals surface area contributed by atoms with Crippen LogP contribution in [0.3, 0.4) is 0 Å². The highest BCUT2D eigenvalue weighted by molar-refractivity contribution is 7.86. The highest BCUT2D eigenvalue weighted by Gasteiger charge is 2.15. The molecular weight excluding hydrogens is 246 g/mol. The molecule has 0 heterocycles. The molecule has 0 radical (unpaired) electrons. The molecule has 8 heteroatoms. The first kappa shape index (κ1) is 12.9. The van der Waals surface area contributed by atoms with Crippen molar-refractivity contribution in [2.75, 3.05) is 5.32 Å². The number of hydrogen-bond acceptors (Lipinski definition) is 6. The van der Waals surface area contributed by atoms with E-state index >= 15 is 0 Å². The zero-order valence-corrected chi connectivity index (χ0v) is 9.61. The fraction of sp³-hybridized carbons (Fsp3) is 0.111. The third-order valence-corrected chi connectivity index (χ3v) is 2.76. The maximum absolute atomic E-state index is 11.4. The minimum atomic E-state index is -4.03. The zero-order valence-electron chi connectivity index (χ0n) is 8.80. The Morgan fingerprint density at radius 3 is 2.47 bits per heavy atom. The summed E-state index contributed by atoms with van der Waals surface area (Å²) in [5.74, 6) is -0.259. The van der Waals surface area contributed by atoms with Crippen molar-refractivity contribution >= 4 is 27.7 Å². The lowest BCUT2D eigenvalue weighted by Crippen LogP contribution is -2.06. The topological polar surface area (TPSA) is 109 Å². The number of carbonyl (C=O) groups is 1. The van der Waals surface area contributed by atoms with E-state index in [-0.39, 0.29) is 10.8 Å². The molecule has 7 nitrogen and oxygen atoms in total. The van der Waals surface area contributed by atoms with Crippen LogP contribution in [0.2, 0.25) is 0 Å². The third-order valence-electron chi connectivity index (χ3n) is 1.64. The van der Waals surface area contributed by atoms with Gasteiger partial charge in [0, 0.05) is 17.8 Å². The normalized spacial score (nSPS) is 10.2. The number of amides is 1. The van der Waals surface area contributed by atoms with Crippen LogP contribution in [-0.4, -0.2) is 20.3 Å². The van der Waals surface area contributed by atoms with Crippen LogP contribution in [0.5, 0.6) is 0 Å². The highest BCUT2D eigenvalue weighted by Crippen LogP contribution is 2.16. The van der Waals surface area contributed by atoms with Gasteiger partial charge in [0.05, 0.1) is 0 Å². The quantitative estimate of drug-likeness (QED) is 0.618. The molecule has 90 valence electrons. The number of rotatable bonds is 4. The summed E-state index contributed by atoms with van der Waals surface area (Å²) < 4.78 is 26.9. The maximum Gasteiger partial charge on any atom is 0.359 e. The van der Waals surface area contributed by atoms with Crippen LogP contribution in [-0.2, 0) is 19.2 Å². The molecule has 1 rings (SSSR count). The predicted molar refractivity (Wildman–Crippen MR) is 59.2 cm³/mol. The Morgan fingerprint density at radius 2 is 2.00 bits per heavy atom. The van der Waals surface area contributed by atoms with Gasteiger partial charge in [0.15, 0.2) is 0 Å². The van der Waals surface area contributed by atoms with E-state index in [1.807, 2.05) is 0 Å². The Balaban J connectivity index is 2.94. The van der Waals surface area contributed by atoms with Crippen molar-refractivity contribution < 1.29 is 17.5 Å². The van der Waals surface area contributed by atoms with Crippen molar-refractivity contribution in [3.05, 3.63) is 24.3 Å². The van der Waals surface area contributed by atoms with Gasteiger partial charge in [0.1, 0.15) is 10.9 Å². The first-order chi connectivity index (χ1) is 7.95. The molecule has 1 aromatic rings. The molecule has 0 atom stereocenters. The van der Waals surface area contributed by atoms with Crippen molar-refractivity contribution in [2.45, 2.75) is 11.8 Å². The minimum Gasteiger partial charge on any atom is -0.326 e. The van der Waals surface area contributed by atoms with E-state index in [0.717, 1.165) is 0 Å². The van der Waals surface area contributed by atoms with Crippen LogP contribution in [0.1, 0.15) is 6.92 Å². The van der Waals surface area contributed by atoms with Crippen LogP contribution >= 0.6 is 0 Å². The second-order valence-electron chi connectivity index (χ2n) is 2.94. The fourth-order valence-electron chi connectivity index (χ4n) is 1.02. The number of carbonyl (C=O) groups excluding carboxylic acids is 1. The van der Waals surface area contributed by atoms with Crippen LogP contribution in [0.25, 0.3) is 0 Å². The molecule has 0 saturated carbocycles. The second kappa shape index (κ2) is 5.24. The Hall–Kier alpha value is -2.18. The van der Waals surface area contributed by atoms with Gasteiger partial charge in [0.25, 0.3) is 0 Å². The molecule has 0 aromatic heterocycles. The van der Waals surface area contributed by atoms with Crippen molar-refractivity contribution in [1.82, 2.24) is 0 Å². The molecule has 2 N–H and O–H groups in total. The van der Waals surface area contributed by atoms with Crippen LogP contribution in [0.15, 0.2) is 34.3 Å². The van der Waals surface area contributed by atoms with Gasteiger partial charge in [-0.05, 0) is 24.3 Å². The summed E-state index contributed by atoms with van der Waals surface area (Å²) in [6.45, 7) is 1.34. The molecule has 0 aliphatic heterocycles. The summed E-state index contributed by atoms with van der Waals surface area (Å²) in [4.78, 5) is 10.6. The lowest BCUT2D eigenvalue weighted by molar-refractivity contribution is -0.114. The van der Waals surface area contributed by atoms with E-state index in [1.165, 1.54) is 37.2 Å². The number of nitrogens with zero attached hydrogens (tertiary/aromatic N) is 1. The number of hydrogen-bond donors (Lipinski definition) is 2. The average molecular weight is 255 g/mol. The summed E-state index contributed by atoms with van der Waals surface area (Å²) in [7, 11) is -4.03. The molecule has 0 unspecified atom stereocenters. The molecule has 0 bridgehead atoms. The highest BCUT2D eigenvalue weighted by atomic mass is 32.2. The maximum atomic E-state index is 11.4. The Kier molecular flexibility index (Phi) is 3.97. The van der Waals surface area contributed by atoms with Gasteiger partial charge in [-0.1, -0.05) is 0 Å². The van der Waals surface area contributed by atoms with Gasteiger partial charge in [0.2, 0.25) is 5.91 Å². The van der Waals surface area contributed by atoms with Gasteiger partial charge < -0.3 is 5.32 Å². The number of benzene rings is 1. The van der Waals surface area contributed by atoms with Crippen LogP contribution < -0.4 is 5.32 Å². The van der Waals surface area contributed by atoms with Crippen LogP contribution in [0.4, 0.5) is 5.69 Å². The fourth-order valence-corrected chi connectivity index (χ4v) is 1.71. The van der Waals surface area contributed by atoms with E-state index in [9.17, 15) is 13.2 Å². The van der Waals surface area contributed by atoms with Crippen molar-refractivity contribution in [3.8, 4) is 0 Å². The Bertz CT molecular complexity index is 558. The summed E-state index contributed by atoms with van der Waals surface area (Å²) >= 11 is 0.